The molecule has 2 amide bonds. The van der Waals surface area contributed by atoms with Crippen molar-refractivity contribution in [1.29, 1.82) is 0 Å². The first-order chi connectivity index (χ1) is 11.5. The number of hydrogen-bond donors (Lipinski definition) is 0. The summed E-state index contributed by atoms with van der Waals surface area (Å²) in [5, 5.41) is 0. The molecule has 2 saturated heterocycles. The Labute approximate surface area is 140 Å². The molecule has 2 aliphatic rings. The lowest BCUT2D eigenvalue weighted by Gasteiger charge is -2.47. The molecule has 0 bridgehead atoms. The van der Waals surface area contributed by atoms with E-state index in [1.54, 1.807) is 21.9 Å². The van der Waals surface area contributed by atoms with Gasteiger partial charge >= 0.3 is 0 Å². The first-order valence-corrected chi connectivity index (χ1v) is 8.00. The second kappa shape index (κ2) is 6.86. The van der Waals surface area contributed by atoms with Crippen LogP contribution in [0.5, 0.6) is 0 Å². The van der Waals surface area contributed by atoms with Crippen LogP contribution in [0.25, 0.3) is 0 Å². The van der Waals surface area contributed by atoms with Crippen molar-refractivity contribution in [3.05, 3.63) is 30.1 Å². The zero-order chi connectivity index (χ0) is 17.2. The van der Waals surface area contributed by atoms with Crippen molar-refractivity contribution in [2.45, 2.75) is 18.4 Å². The van der Waals surface area contributed by atoms with E-state index in [2.05, 4.69) is 0 Å². The van der Waals surface area contributed by atoms with E-state index < -0.39 is 5.60 Å². The molecule has 130 valence electrons. The summed E-state index contributed by atoms with van der Waals surface area (Å²) in [5.74, 6) is -0.582. The van der Waals surface area contributed by atoms with Gasteiger partial charge in [0, 0.05) is 19.3 Å². The van der Waals surface area contributed by atoms with Crippen molar-refractivity contribution >= 4 is 17.5 Å². The van der Waals surface area contributed by atoms with Gasteiger partial charge < -0.3 is 19.3 Å². The van der Waals surface area contributed by atoms with Crippen molar-refractivity contribution in [2.24, 2.45) is 0 Å². The van der Waals surface area contributed by atoms with Crippen LogP contribution in [0.1, 0.15) is 12.8 Å². The van der Waals surface area contributed by atoms with Gasteiger partial charge in [-0.1, -0.05) is 0 Å². The highest BCUT2D eigenvalue weighted by atomic mass is 19.1. The lowest BCUT2D eigenvalue weighted by Crippen LogP contribution is -2.62. The van der Waals surface area contributed by atoms with E-state index in [4.69, 9.17) is 9.47 Å². The Balaban J connectivity index is 1.77. The molecular formula is C17H21FN2O4. The number of halogens is 1. The van der Waals surface area contributed by atoms with Gasteiger partial charge in [-0.15, -0.1) is 0 Å². The number of anilines is 1. The van der Waals surface area contributed by atoms with Gasteiger partial charge in [0.2, 0.25) is 5.91 Å². The fourth-order valence-electron chi connectivity index (χ4n) is 3.34. The van der Waals surface area contributed by atoms with Gasteiger partial charge in [0.25, 0.3) is 5.91 Å². The van der Waals surface area contributed by atoms with Gasteiger partial charge in [0.15, 0.2) is 0 Å². The van der Waals surface area contributed by atoms with Crippen molar-refractivity contribution < 1.29 is 23.5 Å². The Morgan fingerprint density at radius 1 is 1.33 bits per heavy atom. The summed E-state index contributed by atoms with van der Waals surface area (Å²) in [6, 6.07) is 5.84. The van der Waals surface area contributed by atoms with Gasteiger partial charge in [0.05, 0.1) is 13.1 Å². The van der Waals surface area contributed by atoms with E-state index in [1.165, 1.54) is 19.2 Å². The molecule has 0 aliphatic carbocycles. The standard InChI is InChI=1S/C17H21FN2O4/c1-23-9-15(21)19-8-2-7-17(11-19)12-20(16(22)10-24-17)14-5-3-13(18)4-6-14/h3-6H,2,7-12H2,1H3. The lowest BCUT2D eigenvalue weighted by atomic mass is 9.90. The topological polar surface area (TPSA) is 59.1 Å². The van der Waals surface area contributed by atoms with Crippen molar-refractivity contribution in [3.8, 4) is 0 Å². The molecule has 3 rings (SSSR count). The van der Waals surface area contributed by atoms with Gasteiger partial charge in [0.1, 0.15) is 24.6 Å². The van der Waals surface area contributed by atoms with E-state index in [0.717, 1.165) is 12.8 Å². The molecule has 7 heteroatoms. The zero-order valence-electron chi connectivity index (χ0n) is 13.7. The third-order valence-corrected chi connectivity index (χ3v) is 4.55. The maximum Gasteiger partial charge on any atom is 0.253 e. The number of nitrogens with zero attached hydrogens (tertiary/aromatic N) is 2. The number of carbonyl (C=O) groups excluding carboxylic acids is 2. The Kier molecular flexibility index (Phi) is 4.82. The maximum atomic E-state index is 13.1. The molecule has 0 saturated carbocycles. The summed E-state index contributed by atoms with van der Waals surface area (Å²) >= 11 is 0. The molecule has 6 nitrogen and oxygen atoms in total. The third-order valence-electron chi connectivity index (χ3n) is 4.55. The van der Waals surface area contributed by atoms with E-state index in [-0.39, 0.29) is 30.8 Å². The van der Waals surface area contributed by atoms with E-state index in [1.807, 2.05) is 0 Å². The van der Waals surface area contributed by atoms with Gasteiger partial charge in [-0.3, -0.25) is 9.59 Å². The number of carbonyl (C=O) groups is 2. The van der Waals surface area contributed by atoms with Crippen LogP contribution in [0.2, 0.25) is 0 Å². The molecule has 0 radical (unpaired) electrons. The maximum absolute atomic E-state index is 13.1. The fraction of sp³-hybridized carbons (Fsp3) is 0.529. The predicted molar refractivity (Wildman–Crippen MR) is 85.1 cm³/mol. The van der Waals surface area contributed by atoms with E-state index >= 15 is 0 Å². The minimum atomic E-state index is -0.579. The summed E-state index contributed by atoms with van der Waals surface area (Å²) in [6.07, 6.45) is 1.58. The number of morpholine rings is 1. The second-order valence-electron chi connectivity index (χ2n) is 6.28. The molecular weight excluding hydrogens is 315 g/mol. The number of rotatable bonds is 3. The molecule has 0 N–H and O–H groups in total. The van der Waals surface area contributed by atoms with Gasteiger partial charge in [-0.05, 0) is 37.1 Å². The molecule has 1 aromatic rings. The molecule has 1 aromatic carbocycles. The monoisotopic (exact) mass is 336 g/mol. The quantitative estimate of drug-likeness (QED) is 0.832. The molecule has 1 atom stereocenters. The Morgan fingerprint density at radius 3 is 2.79 bits per heavy atom. The molecule has 2 heterocycles. The van der Waals surface area contributed by atoms with Crippen LogP contribution < -0.4 is 4.90 Å². The van der Waals surface area contributed by atoms with Gasteiger partial charge in [-0.25, -0.2) is 4.39 Å². The first kappa shape index (κ1) is 16.9. The average molecular weight is 336 g/mol. The number of ether oxygens (including phenoxy) is 2. The zero-order valence-corrected chi connectivity index (χ0v) is 13.7. The predicted octanol–water partition coefficient (Wildman–Crippen LogP) is 1.20. The Bertz CT molecular complexity index is 622. The van der Waals surface area contributed by atoms with Crippen molar-refractivity contribution in [1.82, 2.24) is 4.90 Å². The third kappa shape index (κ3) is 3.42. The molecule has 0 aromatic heterocycles. The van der Waals surface area contributed by atoms with Crippen molar-refractivity contribution in [2.75, 3.05) is 44.9 Å². The Hall–Kier alpha value is -1.99. The number of likely N-dealkylation sites (tertiary alicyclic amines) is 1. The van der Waals surface area contributed by atoms with Crippen LogP contribution >= 0.6 is 0 Å². The van der Waals surface area contributed by atoms with Crippen LogP contribution in [0.4, 0.5) is 10.1 Å². The average Bonchev–Trinajstić information content (AvgIpc) is 2.59. The summed E-state index contributed by atoms with van der Waals surface area (Å²) in [7, 11) is 1.49. The number of benzene rings is 1. The molecule has 1 unspecified atom stereocenters. The highest BCUT2D eigenvalue weighted by Gasteiger charge is 2.44. The van der Waals surface area contributed by atoms with Crippen LogP contribution in [0, 0.1) is 5.82 Å². The molecule has 24 heavy (non-hydrogen) atoms. The van der Waals surface area contributed by atoms with Crippen LogP contribution in [0.15, 0.2) is 24.3 Å². The Morgan fingerprint density at radius 2 is 2.08 bits per heavy atom. The lowest BCUT2D eigenvalue weighted by molar-refractivity contribution is -0.155. The van der Waals surface area contributed by atoms with Crippen LogP contribution in [0.3, 0.4) is 0 Å². The van der Waals surface area contributed by atoms with Gasteiger partial charge in [-0.2, -0.15) is 0 Å². The van der Waals surface area contributed by atoms with E-state index in [9.17, 15) is 14.0 Å². The largest absolute Gasteiger partial charge is 0.375 e. The van der Waals surface area contributed by atoms with Crippen molar-refractivity contribution in [3.63, 3.8) is 0 Å². The number of hydrogen-bond acceptors (Lipinski definition) is 4. The van der Waals surface area contributed by atoms with Crippen LogP contribution in [-0.4, -0.2) is 62.3 Å². The van der Waals surface area contributed by atoms with Crippen LogP contribution in [-0.2, 0) is 19.1 Å². The second-order valence-corrected chi connectivity index (χ2v) is 6.28. The minimum absolute atomic E-state index is 0.0380. The summed E-state index contributed by atoms with van der Waals surface area (Å²) in [5.41, 5.74) is 0.0636. The number of amides is 2. The SMILES string of the molecule is COCC(=O)N1CCCC2(C1)CN(c1ccc(F)cc1)C(=O)CO2. The smallest absolute Gasteiger partial charge is 0.253 e. The number of piperidine rings is 1. The molecule has 1 spiro atoms. The molecule has 2 aliphatic heterocycles. The fourth-order valence-corrected chi connectivity index (χ4v) is 3.34. The number of methoxy groups -OCH3 is 1. The molecule has 2 fully saturated rings. The highest BCUT2D eigenvalue weighted by molar-refractivity contribution is 5.95. The highest BCUT2D eigenvalue weighted by Crippen LogP contribution is 2.31. The normalized spacial score (nSPS) is 24.5. The first-order valence-electron chi connectivity index (χ1n) is 8.00. The summed E-state index contributed by atoms with van der Waals surface area (Å²) in [4.78, 5) is 27.7. The van der Waals surface area contributed by atoms with E-state index in [0.29, 0.717) is 25.3 Å². The summed E-state index contributed by atoms with van der Waals surface area (Å²) < 4.78 is 23.9. The minimum Gasteiger partial charge on any atom is -0.375 e. The summed E-state index contributed by atoms with van der Waals surface area (Å²) in [6.45, 7) is 1.45.